The highest BCUT2D eigenvalue weighted by molar-refractivity contribution is 5.74. The lowest BCUT2D eigenvalue weighted by Gasteiger charge is -2.37. The minimum atomic E-state index is -0.711. The number of hydrogen-bond acceptors (Lipinski definition) is 4. The van der Waals surface area contributed by atoms with Gasteiger partial charge < -0.3 is 20.5 Å². The second-order valence-electron chi connectivity index (χ2n) is 8.46. The quantitative estimate of drug-likeness (QED) is 0.523. The van der Waals surface area contributed by atoms with Crippen LogP contribution in [0.5, 0.6) is 0 Å². The number of fused-ring (bicyclic) bond motifs is 1. The van der Waals surface area contributed by atoms with Crippen LogP contribution in [0.1, 0.15) is 33.0 Å². The van der Waals surface area contributed by atoms with E-state index in [0.717, 1.165) is 36.2 Å². The van der Waals surface area contributed by atoms with E-state index in [1.165, 1.54) is 17.7 Å². The number of allylic oxidation sites excluding steroid dienone is 1. The molecule has 4 N–H and O–H groups in total. The molecule has 0 unspecified atom stereocenters. The van der Waals surface area contributed by atoms with Crippen molar-refractivity contribution in [2.24, 2.45) is 23.7 Å². The van der Waals surface area contributed by atoms with Crippen LogP contribution in [0.4, 0.5) is 4.39 Å². The van der Waals surface area contributed by atoms with Crippen molar-refractivity contribution in [2.75, 3.05) is 19.7 Å². The highest BCUT2D eigenvalue weighted by Gasteiger charge is 2.32. The fraction of sp³-hybridized carbons (Fsp3) is 0.591. The standard InChI is InChI=1S/C22H32FN3O2/c1-13(2)19-7-15(14(3)6-16(19)10-24-11-18(28)12-27)8-22-25-20-5-4-17(23)9-21(20)26-22/h4-6,9,13,15-16,18-19,24,27-28H,7-8,10-12H2,1-3H3,(H,25,26)/t15-,16-,18-,19-/m0/s1. The van der Waals surface area contributed by atoms with Crippen LogP contribution in [-0.2, 0) is 6.42 Å². The number of aliphatic hydroxyl groups is 2. The molecule has 0 fully saturated rings. The molecule has 0 spiro atoms. The second-order valence-corrected chi connectivity index (χ2v) is 8.46. The zero-order valence-corrected chi connectivity index (χ0v) is 17.0. The maximum absolute atomic E-state index is 13.4. The van der Waals surface area contributed by atoms with Gasteiger partial charge in [0.1, 0.15) is 11.6 Å². The van der Waals surface area contributed by atoms with E-state index in [9.17, 15) is 9.50 Å². The van der Waals surface area contributed by atoms with Gasteiger partial charge in [0, 0.05) is 19.5 Å². The zero-order valence-electron chi connectivity index (χ0n) is 17.0. The van der Waals surface area contributed by atoms with Gasteiger partial charge in [-0.1, -0.05) is 25.5 Å². The molecule has 0 aliphatic heterocycles. The Morgan fingerprint density at radius 2 is 2.14 bits per heavy atom. The largest absolute Gasteiger partial charge is 0.394 e. The summed E-state index contributed by atoms with van der Waals surface area (Å²) >= 11 is 0. The predicted molar refractivity (Wildman–Crippen MR) is 109 cm³/mol. The third-order valence-electron chi connectivity index (χ3n) is 5.99. The number of nitrogens with zero attached hydrogens (tertiary/aromatic N) is 1. The van der Waals surface area contributed by atoms with Crippen molar-refractivity contribution in [3.63, 3.8) is 0 Å². The summed E-state index contributed by atoms with van der Waals surface area (Å²) in [7, 11) is 0. The average molecular weight is 390 g/mol. The molecule has 4 atom stereocenters. The molecule has 1 aliphatic carbocycles. The van der Waals surface area contributed by atoms with E-state index in [4.69, 9.17) is 5.11 Å². The number of benzene rings is 1. The molecule has 6 heteroatoms. The number of imidazole rings is 1. The minimum absolute atomic E-state index is 0.219. The molecule has 1 aliphatic rings. The van der Waals surface area contributed by atoms with E-state index in [2.05, 4.69) is 42.1 Å². The maximum Gasteiger partial charge on any atom is 0.125 e. The van der Waals surface area contributed by atoms with Crippen LogP contribution in [0.25, 0.3) is 11.0 Å². The van der Waals surface area contributed by atoms with E-state index in [0.29, 0.717) is 30.2 Å². The van der Waals surface area contributed by atoms with Crippen molar-refractivity contribution in [1.29, 1.82) is 0 Å². The molecule has 1 aromatic heterocycles. The first-order valence-electron chi connectivity index (χ1n) is 10.2. The number of halogens is 1. The van der Waals surface area contributed by atoms with Crippen molar-refractivity contribution in [2.45, 2.75) is 39.7 Å². The predicted octanol–water partition coefficient (Wildman–Crippen LogP) is 3.04. The molecule has 0 saturated heterocycles. The Balaban J connectivity index is 1.70. The molecule has 0 amide bonds. The van der Waals surface area contributed by atoms with Gasteiger partial charge in [-0.15, -0.1) is 0 Å². The summed E-state index contributed by atoms with van der Waals surface area (Å²) in [6.45, 7) is 7.69. The van der Waals surface area contributed by atoms with E-state index in [1.54, 1.807) is 6.07 Å². The molecule has 154 valence electrons. The topological polar surface area (TPSA) is 81.2 Å². The van der Waals surface area contributed by atoms with Gasteiger partial charge in [0.05, 0.1) is 23.7 Å². The Morgan fingerprint density at radius 1 is 1.36 bits per heavy atom. The Kier molecular flexibility index (Phi) is 6.86. The van der Waals surface area contributed by atoms with Crippen LogP contribution < -0.4 is 5.32 Å². The average Bonchev–Trinajstić information content (AvgIpc) is 3.04. The normalized spacial score (nSPS) is 24.0. The van der Waals surface area contributed by atoms with Gasteiger partial charge in [0.2, 0.25) is 0 Å². The fourth-order valence-corrected chi connectivity index (χ4v) is 4.35. The van der Waals surface area contributed by atoms with E-state index >= 15 is 0 Å². The van der Waals surface area contributed by atoms with Crippen LogP contribution in [0.3, 0.4) is 0 Å². The lowest BCUT2D eigenvalue weighted by Crippen LogP contribution is -2.38. The first kappa shape index (κ1) is 21.0. The summed E-state index contributed by atoms with van der Waals surface area (Å²) in [6, 6.07) is 4.65. The summed E-state index contributed by atoms with van der Waals surface area (Å²) < 4.78 is 13.4. The van der Waals surface area contributed by atoms with Gasteiger partial charge in [-0.05, 0) is 55.2 Å². The summed E-state index contributed by atoms with van der Waals surface area (Å²) in [4.78, 5) is 7.91. The first-order chi connectivity index (χ1) is 13.4. The zero-order chi connectivity index (χ0) is 20.3. The first-order valence-corrected chi connectivity index (χ1v) is 10.2. The highest BCUT2D eigenvalue weighted by Crippen LogP contribution is 2.38. The summed E-state index contributed by atoms with van der Waals surface area (Å²) in [5, 5.41) is 21.8. The smallest absolute Gasteiger partial charge is 0.125 e. The van der Waals surface area contributed by atoms with Crippen LogP contribution >= 0.6 is 0 Å². The second kappa shape index (κ2) is 9.16. The molecule has 1 aromatic carbocycles. The van der Waals surface area contributed by atoms with Crippen LogP contribution in [0, 0.1) is 29.5 Å². The number of aliphatic hydroxyl groups excluding tert-OH is 2. The Morgan fingerprint density at radius 3 is 2.86 bits per heavy atom. The molecule has 3 rings (SSSR count). The molecule has 1 heterocycles. The minimum Gasteiger partial charge on any atom is -0.394 e. The Bertz CT molecular complexity index is 817. The Labute approximate surface area is 166 Å². The molecule has 0 radical (unpaired) electrons. The number of aromatic amines is 1. The lowest BCUT2D eigenvalue weighted by molar-refractivity contribution is 0.0923. The third kappa shape index (κ3) is 4.99. The third-order valence-corrected chi connectivity index (χ3v) is 5.99. The number of rotatable bonds is 8. The number of aromatic nitrogens is 2. The van der Waals surface area contributed by atoms with Crippen LogP contribution in [-0.4, -0.2) is 46.0 Å². The van der Waals surface area contributed by atoms with Crippen molar-refractivity contribution in [3.05, 3.63) is 41.5 Å². The van der Waals surface area contributed by atoms with Crippen molar-refractivity contribution in [1.82, 2.24) is 15.3 Å². The van der Waals surface area contributed by atoms with Crippen molar-refractivity contribution in [3.8, 4) is 0 Å². The fourth-order valence-electron chi connectivity index (χ4n) is 4.35. The SMILES string of the molecule is CC1=C[C@@H](CNC[C@H](O)CO)[C@H](C(C)C)C[C@H]1Cc1nc2ccc(F)cc2[nH]1. The number of hydrogen-bond donors (Lipinski definition) is 4. The molecular weight excluding hydrogens is 357 g/mol. The molecular formula is C22H32FN3O2. The van der Waals surface area contributed by atoms with Gasteiger partial charge in [-0.2, -0.15) is 0 Å². The van der Waals surface area contributed by atoms with E-state index < -0.39 is 6.10 Å². The maximum atomic E-state index is 13.4. The van der Waals surface area contributed by atoms with E-state index in [1.807, 2.05) is 0 Å². The van der Waals surface area contributed by atoms with Gasteiger partial charge in [-0.3, -0.25) is 0 Å². The Hall–Kier alpha value is -1.76. The van der Waals surface area contributed by atoms with Gasteiger partial charge in [0.15, 0.2) is 0 Å². The van der Waals surface area contributed by atoms with E-state index in [-0.39, 0.29) is 12.4 Å². The summed E-state index contributed by atoms with van der Waals surface area (Å²) in [6.07, 6.45) is 3.56. The highest BCUT2D eigenvalue weighted by atomic mass is 19.1. The van der Waals surface area contributed by atoms with Crippen molar-refractivity contribution < 1.29 is 14.6 Å². The van der Waals surface area contributed by atoms with Gasteiger partial charge >= 0.3 is 0 Å². The molecule has 0 bridgehead atoms. The number of H-pyrrole nitrogens is 1. The molecule has 28 heavy (non-hydrogen) atoms. The van der Waals surface area contributed by atoms with Crippen LogP contribution in [0.2, 0.25) is 0 Å². The molecule has 5 nitrogen and oxygen atoms in total. The van der Waals surface area contributed by atoms with Crippen LogP contribution in [0.15, 0.2) is 29.8 Å². The van der Waals surface area contributed by atoms with Crippen molar-refractivity contribution >= 4 is 11.0 Å². The number of nitrogens with one attached hydrogen (secondary N) is 2. The molecule has 2 aromatic rings. The summed E-state index contributed by atoms with van der Waals surface area (Å²) in [5.41, 5.74) is 2.91. The lowest BCUT2D eigenvalue weighted by atomic mass is 9.70. The van der Waals surface area contributed by atoms with Gasteiger partial charge in [0.25, 0.3) is 0 Å². The van der Waals surface area contributed by atoms with Gasteiger partial charge in [-0.25, -0.2) is 9.37 Å². The monoisotopic (exact) mass is 389 g/mol. The summed E-state index contributed by atoms with van der Waals surface area (Å²) in [5.74, 6) is 2.56. The molecule has 0 saturated carbocycles.